The van der Waals surface area contributed by atoms with Gasteiger partial charge in [-0.15, -0.1) is 0 Å². The molecule has 1 atom stereocenters. The SMILES string of the molecule is C/C(=C\CCC(C)N)C(F)(F)F. The van der Waals surface area contributed by atoms with Gasteiger partial charge in [-0.05, 0) is 26.7 Å². The van der Waals surface area contributed by atoms with E-state index in [9.17, 15) is 13.2 Å². The first-order valence-electron chi connectivity index (χ1n) is 3.83. The Morgan fingerprint density at radius 3 is 2.33 bits per heavy atom. The zero-order valence-corrected chi connectivity index (χ0v) is 7.28. The van der Waals surface area contributed by atoms with Gasteiger partial charge in [0.15, 0.2) is 0 Å². The highest BCUT2D eigenvalue weighted by Crippen LogP contribution is 2.25. The van der Waals surface area contributed by atoms with Crippen molar-refractivity contribution in [3.63, 3.8) is 0 Å². The fraction of sp³-hybridized carbons (Fsp3) is 0.750. The molecule has 0 bridgehead atoms. The standard InChI is InChI=1S/C8H14F3N/c1-6(8(9,10)11)4-3-5-7(2)12/h4,7H,3,5,12H2,1-2H3/b6-4+. The maximum atomic E-state index is 11.9. The van der Waals surface area contributed by atoms with Gasteiger partial charge in [-0.3, -0.25) is 0 Å². The molecule has 0 radical (unpaired) electrons. The van der Waals surface area contributed by atoms with Gasteiger partial charge in [-0.2, -0.15) is 13.2 Å². The molecule has 2 N–H and O–H groups in total. The molecule has 0 aliphatic heterocycles. The highest BCUT2D eigenvalue weighted by Gasteiger charge is 2.29. The molecule has 0 rings (SSSR count). The van der Waals surface area contributed by atoms with E-state index in [0.29, 0.717) is 12.8 Å². The molecule has 72 valence electrons. The number of hydrogen-bond donors (Lipinski definition) is 1. The second-order valence-electron chi connectivity index (χ2n) is 2.94. The van der Waals surface area contributed by atoms with Crippen LogP contribution in [0.5, 0.6) is 0 Å². The van der Waals surface area contributed by atoms with Crippen LogP contribution in [-0.2, 0) is 0 Å². The molecular formula is C8H14F3N. The van der Waals surface area contributed by atoms with E-state index < -0.39 is 11.7 Å². The minimum Gasteiger partial charge on any atom is -0.328 e. The minimum atomic E-state index is -4.18. The van der Waals surface area contributed by atoms with Gasteiger partial charge in [0, 0.05) is 11.6 Å². The van der Waals surface area contributed by atoms with Gasteiger partial charge in [0.1, 0.15) is 0 Å². The predicted octanol–water partition coefficient (Wildman–Crippen LogP) is 2.62. The first-order chi connectivity index (χ1) is 5.34. The normalized spacial score (nSPS) is 16.3. The highest BCUT2D eigenvalue weighted by molar-refractivity contribution is 5.04. The van der Waals surface area contributed by atoms with E-state index in [0.717, 1.165) is 6.92 Å². The quantitative estimate of drug-likeness (QED) is 0.665. The van der Waals surface area contributed by atoms with Gasteiger partial charge in [-0.1, -0.05) is 6.08 Å². The molecule has 0 aromatic heterocycles. The zero-order valence-electron chi connectivity index (χ0n) is 7.28. The van der Waals surface area contributed by atoms with Gasteiger partial charge in [0.05, 0.1) is 0 Å². The van der Waals surface area contributed by atoms with Crippen molar-refractivity contribution in [3.05, 3.63) is 11.6 Å². The number of allylic oxidation sites excluding steroid dienone is 2. The van der Waals surface area contributed by atoms with Crippen molar-refractivity contribution in [2.45, 2.75) is 38.9 Å². The molecule has 0 aromatic rings. The Bertz CT molecular complexity index is 158. The fourth-order valence-corrected chi connectivity index (χ4v) is 0.678. The molecule has 1 nitrogen and oxygen atoms in total. The molecule has 0 saturated carbocycles. The number of nitrogens with two attached hydrogens (primary N) is 1. The second-order valence-corrected chi connectivity index (χ2v) is 2.94. The number of rotatable bonds is 3. The topological polar surface area (TPSA) is 26.0 Å². The maximum Gasteiger partial charge on any atom is 0.412 e. The van der Waals surface area contributed by atoms with Crippen LogP contribution < -0.4 is 5.73 Å². The van der Waals surface area contributed by atoms with Crippen LogP contribution in [0, 0.1) is 0 Å². The lowest BCUT2D eigenvalue weighted by atomic mass is 10.1. The van der Waals surface area contributed by atoms with Gasteiger partial charge < -0.3 is 5.73 Å². The van der Waals surface area contributed by atoms with Crippen molar-refractivity contribution in [1.29, 1.82) is 0 Å². The van der Waals surface area contributed by atoms with E-state index in [4.69, 9.17) is 5.73 Å². The lowest BCUT2D eigenvalue weighted by molar-refractivity contribution is -0.0915. The third kappa shape index (κ3) is 5.18. The first kappa shape index (κ1) is 11.5. The lowest BCUT2D eigenvalue weighted by Crippen LogP contribution is -2.14. The van der Waals surface area contributed by atoms with E-state index in [1.54, 1.807) is 6.92 Å². The summed E-state index contributed by atoms with van der Waals surface area (Å²) in [4.78, 5) is 0. The number of hydrogen-bond acceptors (Lipinski definition) is 1. The van der Waals surface area contributed by atoms with E-state index in [2.05, 4.69) is 0 Å². The molecule has 0 saturated heterocycles. The van der Waals surface area contributed by atoms with E-state index >= 15 is 0 Å². The van der Waals surface area contributed by atoms with Crippen molar-refractivity contribution in [2.24, 2.45) is 5.73 Å². The van der Waals surface area contributed by atoms with Gasteiger partial charge in [-0.25, -0.2) is 0 Å². The summed E-state index contributed by atoms with van der Waals surface area (Å²) in [5.74, 6) is 0. The minimum absolute atomic E-state index is 0.0396. The average Bonchev–Trinajstić information content (AvgIpc) is 1.84. The summed E-state index contributed by atoms with van der Waals surface area (Å²) in [6.45, 7) is 2.85. The first-order valence-corrected chi connectivity index (χ1v) is 3.83. The molecule has 0 aromatic carbocycles. The Hall–Kier alpha value is -0.510. The molecule has 0 fully saturated rings. The van der Waals surface area contributed by atoms with Crippen LogP contribution >= 0.6 is 0 Å². The van der Waals surface area contributed by atoms with Crippen molar-refractivity contribution in [2.75, 3.05) is 0 Å². The summed E-state index contributed by atoms with van der Waals surface area (Å²) < 4.78 is 35.6. The van der Waals surface area contributed by atoms with Gasteiger partial charge in [0.25, 0.3) is 0 Å². The van der Waals surface area contributed by atoms with Crippen molar-refractivity contribution in [3.8, 4) is 0 Å². The van der Waals surface area contributed by atoms with Crippen LogP contribution in [-0.4, -0.2) is 12.2 Å². The Labute approximate surface area is 70.4 Å². The lowest BCUT2D eigenvalue weighted by Gasteiger charge is -2.06. The summed E-state index contributed by atoms with van der Waals surface area (Å²) in [6, 6.07) is -0.0396. The van der Waals surface area contributed by atoms with Gasteiger partial charge in [0.2, 0.25) is 0 Å². The number of alkyl halides is 3. The summed E-state index contributed by atoms with van der Waals surface area (Å²) in [6.07, 6.45) is -2.02. The largest absolute Gasteiger partial charge is 0.412 e. The molecule has 1 unspecified atom stereocenters. The van der Waals surface area contributed by atoms with Crippen LogP contribution in [0.25, 0.3) is 0 Å². The predicted molar refractivity (Wildman–Crippen MR) is 42.7 cm³/mol. The Balaban J connectivity index is 3.86. The van der Waals surface area contributed by atoms with Crippen molar-refractivity contribution in [1.82, 2.24) is 0 Å². The summed E-state index contributed by atoms with van der Waals surface area (Å²) >= 11 is 0. The Kier molecular flexibility index (Phi) is 4.31. The third-order valence-corrected chi connectivity index (χ3v) is 1.52. The third-order valence-electron chi connectivity index (χ3n) is 1.52. The van der Waals surface area contributed by atoms with Crippen LogP contribution in [0.3, 0.4) is 0 Å². The van der Waals surface area contributed by atoms with Crippen molar-refractivity contribution >= 4 is 0 Å². The van der Waals surface area contributed by atoms with Crippen LogP contribution in [0.4, 0.5) is 13.2 Å². The monoisotopic (exact) mass is 181 g/mol. The van der Waals surface area contributed by atoms with Crippen LogP contribution in [0.2, 0.25) is 0 Å². The summed E-state index contributed by atoms with van der Waals surface area (Å²) in [7, 11) is 0. The molecule has 0 amide bonds. The van der Waals surface area contributed by atoms with E-state index in [1.807, 2.05) is 0 Å². The van der Waals surface area contributed by atoms with Crippen LogP contribution in [0.1, 0.15) is 26.7 Å². The average molecular weight is 181 g/mol. The second kappa shape index (κ2) is 4.50. The Morgan fingerprint density at radius 2 is 2.00 bits per heavy atom. The zero-order chi connectivity index (χ0) is 9.78. The van der Waals surface area contributed by atoms with Crippen LogP contribution in [0.15, 0.2) is 11.6 Å². The Morgan fingerprint density at radius 1 is 1.50 bits per heavy atom. The van der Waals surface area contributed by atoms with Crippen molar-refractivity contribution < 1.29 is 13.2 Å². The molecule has 4 heteroatoms. The maximum absolute atomic E-state index is 11.9. The fourth-order valence-electron chi connectivity index (χ4n) is 0.678. The summed E-state index contributed by atoms with van der Waals surface area (Å²) in [5, 5.41) is 0. The summed E-state index contributed by atoms with van der Waals surface area (Å²) in [5.41, 5.74) is 4.84. The van der Waals surface area contributed by atoms with Gasteiger partial charge >= 0.3 is 6.18 Å². The van der Waals surface area contributed by atoms with E-state index in [1.165, 1.54) is 6.08 Å². The molecule has 12 heavy (non-hydrogen) atoms. The van der Waals surface area contributed by atoms with E-state index in [-0.39, 0.29) is 6.04 Å². The molecule has 0 heterocycles. The molecular weight excluding hydrogens is 167 g/mol. The molecule has 0 spiro atoms. The highest BCUT2D eigenvalue weighted by atomic mass is 19.4. The molecule has 0 aliphatic carbocycles. The number of halogens is 3. The smallest absolute Gasteiger partial charge is 0.328 e. The molecule has 0 aliphatic rings.